The van der Waals surface area contributed by atoms with Gasteiger partial charge in [0, 0.05) is 29.9 Å². The second-order valence-corrected chi connectivity index (χ2v) is 25.5. The summed E-state index contributed by atoms with van der Waals surface area (Å²) in [6.07, 6.45) is 5.42. The molecule has 2 heterocycles. The topological polar surface area (TPSA) is 245 Å². The number of amides is 1. The molecule has 6 aromatic rings. The van der Waals surface area contributed by atoms with Gasteiger partial charge in [0.2, 0.25) is 17.8 Å². The highest BCUT2D eigenvalue weighted by Crippen LogP contribution is 2.43. The molecule has 76 heavy (non-hydrogen) atoms. The number of aryl methyl sites for hydroxylation is 2. The molecule has 8 rings (SSSR count). The smallest absolute Gasteiger partial charge is 0.236 e. The normalized spacial score (nSPS) is 15.2. The number of halogens is 2. The van der Waals surface area contributed by atoms with Crippen LogP contribution in [0.5, 0.6) is 11.5 Å². The lowest BCUT2D eigenvalue weighted by Gasteiger charge is -2.34. The maximum absolute atomic E-state index is 12.9. The fourth-order valence-electron chi connectivity index (χ4n) is 8.80. The van der Waals surface area contributed by atoms with E-state index in [-0.39, 0.29) is 55.1 Å². The highest BCUT2D eigenvalue weighted by Gasteiger charge is 2.37. The Balaban J connectivity index is 0.000000222. The van der Waals surface area contributed by atoms with Crippen molar-refractivity contribution in [2.45, 2.75) is 119 Å². The molecule has 2 aromatic heterocycles. The largest absolute Gasteiger partial charge is 0.495 e. The number of ether oxygens (including phenoxy) is 2. The summed E-state index contributed by atoms with van der Waals surface area (Å²) in [6.45, 7) is 16.0. The van der Waals surface area contributed by atoms with Gasteiger partial charge in [0.1, 0.15) is 27.3 Å². The Hall–Kier alpha value is -6.87. The van der Waals surface area contributed by atoms with Crippen LogP contribution < -0.4 is 36.2 Å². The van der Waals surface area contributed by atoms with E-state index in [0.717, 1.165) is 34.4 Å². The molecule has 0 saturated heterocycles. The first kappa shape index (κ1) is 56.8. The van der Waals surface area contributed by atoms with Crippen LogP contribution in [0.25, 0.3) is 0 Å². The monoisotopic (exact) mass is 1110 g/mol. The van der Waals surface area contributed by atoms with Crippen LogP contribution in [0.4, 0.5) is 46.3 Å². The summed E-state index contributed by atoms with van der Waals surface area (Å²) in [6, 6.07) is 21.1. The number of para-hydroxylation sites is 2. The van der Waals surface area contributed by atoms with Gasteiger partial charge in [-0.25, -0.2) is 32.2 Å². The maximum atomic E-state index is 12.9. The quantitative estimate of drug-likeness (QED) is 0.0600. The van der Waals surface area contributed by atoms with Gasteiger partial charge in [-0.1, -0.05) is 61.3 Å². The van der Waals surface area contributed by atoms with E-state index >= 15 is 0 Å². The summed E-state index contributed by atoms with van der Waals surface area (Å²) in [5.41, 5.74) is 8.65. The molecule has 18 nitrogen and oxygen atoms in total. The number of aromatic nitrogens is 4. The minimum Gasteiger partial charge on any atom is -0.495 e. The number of Topliss-reactive ketones (excluding diaryl/α,β-unsaturated/α-hetero) is 1. The van der Waals surface area contributed by atoms with Gasteiger partial charge in [0.15, 0.2) is 31.3 Å². The molecule has 22 heteroatoms. The van der Waals surface area contributed by atoms with E-state index in [9.17, 15) is 26.4 Å². The molecule has 0 fully saturated rings. The number of benzene rings is 4. The van der Waals surface area contributed by atoms with Crippen molar-refractivity contribution in [1.29, 1.82) is 0 Å². The first-order valence-corrected chi connectivity index (χ1v) is 28.2. The Morgan fingerprint density at radius 2 is 1.04 bits per heavy atom. The molecule has 0 bridgehead atoms. The predicted molar refractivity (Wildman–Crippen MR) is 300 cm³/mol. The van der Waals surface area contributed by atoms with Crippen LogP contribution in [0.1, 0.15) is 97.4 Å². The average molecular weight is 1110 g/mol. The standard InChI is InChI=1S/C28H33ClN6O4S.C26H29ClN4O4S/c1-16(2)40(37,38)24-10-8-7-9-21(24)31-26-20(29)15-30-27(33-26)32-22-13-18-11-12-25(35-34-17(3)36)28(4,5)19(18)14-23(22)39-6;1-15(2)36(33,34)22-9-7-6-8-19(22)29-24-18(27)14-28-25(31-24)30-20-12-16-10-11-23(32)26(3,4)17(16)13-21(20)35-5/h7-10,13-16H,11-12H2,1-6H3,(H,34,36)(H2,30,31,32,33);6-9,12-15H,10-11H2,1-5H3,(H2,28,29,30,31)/b35-25+;. The molecule has 1 amide bonds. The van der Waals surface area contributed by atoms with Gasteiger partial charge in [-0.3, -0.25) is 9.59 Å². The van der Waals surface area contributed by atoms with Crippen molar-refractivity contribution < 1.29 is 35.9 Å². The molecule has 0 unspecified atom stereocenters. The minimum atomic E-state index is -3.55. The van der Waals surface area contributed by atoms with E-state index in [0.29, 0.717) is 53.5 Å². The lowest BCUT2D eigenvalue weighted by atomic mass is 9.71. The van der Waals surface area contributed by atoms with Crippen molar-refractivity contribution in [3.8, 4) is 11.5 Å². The number of methoxy groups -OCH3 is 2. The van der Waals surface area contributed by atoms with E-state index in [1.54, 1.807) is 90.4 Å². The molecule has 0 radical (unpaired) electrons. The Morgan fingerprint density at radius 3 is 1.46 bits per heavy atom. The second-order valence-electron chi connectivity index (χ2n) is 19.8. The number of hydrazone groups is 1. The molecule has 0 spiro atoms. The van der Waals surface area contributed by atoms with Crippen LogP contribution >= 0.6 is 23.2 Å². The molecule has 0 atom stereocenters. The van der Waals surface area contributed by atoms with Crippen molar-refractivity contribution in [2.75, 3.05) is 35.5 Å². The molecule has 0 saturated carbocycles. The SMILES string of the molecule is COc1cc2c(cc1Nc1ncc(Cl)c(Nc3ccccc3S(=O)(=O)C(C)C)n1)CC/C(=N\NC(C)=O)C2(C)C.COc1cc2c(cc1Nc1ncc(Cl)c(Nc3ccccc3S(=O)(=O)C(C)C)n1)CCC(=O)C2(C)C. The van der Waals surface area contributed by atoms with Crippen molar-refractivity contribution in [2.24, 2.45) is 5.10 Å². The molecular weight excluding hydrogens is 1050 g/mol. The van der Waals surface area contributed by atoms with Gasteiger partial charge in [-0.15, -0.1) is 0 Å². The molecule has 0 aliphatic heterocycles. The summed E-state index contributed by atoms with van der Waals surface area (Å²) in [4.78, 5) is 41.8. The molecule has 402 valence electrons. The third-order valence-corrected chi connectivity index (χ3v) is 18.3. The third-order valence-electron chi connectivity index (χ3n) is 13.3. The fraction of sp³-hybridized carbons (Fsp3) is 0.352. The number of nitrogens with one attached hydrogen (secondary N) is 5. The number of rotatable bonds is 15. The summed E-state index contributed by atoms with van der Waals surface area (Å²) in [5.74, 6) is 2.12. The molecule has 5 N–H and O–H groups in total. The van der Waals surface area contributed by atoms with Crippen LogP contribution in [0.3, 0.4) is 0 Å². The zero-order chi connectivity index (χ0) is 55.5. The van der Waals surface area contributed by atoms with Crippen molar-refractivity contribution in [3.63, 3.8) is 0 Å². The Morgan fingerprint density at radius 1 is 0.618 bits per heavy atom. The number of carbonyl (C=O) groups excluding carboxylic acids is 2. The van der Waals surface area contributed by atoms with E-state index in [1.165, 1.54) is 19.3 Å². The van der Waals surface area contributed by atoms with Crippen LogP contribution in [-0.4, -0.2) is 78.9 Å². The van der Waals surface area contributed by atoms with Gasteiger partial charge in [0.05, 0.1) is 69.7 Å². The summed E-state index contributed by atoms with van der Waals surface area (Å²) < 4.78 is 62.8. The maximum Gasteiger partial charge on any atom is 0.236 e. The molecule has 2 aliphatic carbocycles. The predicted octanol–water partition coefficient (Wildman–Crippen LogP) is 11.1. The van der Waals surface area contributed by atoms with Crippen LogP contribution in [0, 0.1) is 0 Å². The lowest BCUT2D eigenvalue weighted by Crippen LogP contribution is -2.36. The zero-order valence-electron chi connectivity index (χ0n) is 44.1. The number of sulfone groups is 2. The number of nitrogens with zero attached hydrogens (tertiary/aromatic N) is 5. The average Bonchev–Trinajstić information content (AvgIpc) is 3.39. The van der Waals surface area contributed by atoms with Crippen molar-refractivity contribution >= 4 is 107 Å². The number of fused-ring (bicyclic) bond motifs is 2. The van der Waals surface area contributed by atoms with Crippen LogP contribution in [0.15, 0.2) is 100 Å². The Bertz CT molecular complexity index is 3480. The lowest BCUT2D eigenvalue weighted by molar-refractivity contribution is -0.124. The minimum absolute atomic E-state index is 0.162. The highest BCUT2D eigenvalue weighted by molar-refractivity contribution is 7.92. The Labute approximate surface area is 454 Å². The number of carbonyl (C=O) groups is 2. The van der Waals surface area contributed by atoms with Crippen molar-refractivity contribution in [3.05, 3.63) is 117 Å². The molecule has 2 aliphatic rings. The number of hydrogen-bond donors (Lipinski definition) is 5. The molecular formula is C54H62Cl2N10O8S2. The van der Waals surface area contributed by atoms with Gasteiger partial charge in [-0.2, -0.15) is 15.1 Å². The third kappa shape index (κ3) is 12.0. The van der Waals surface area contributed by atoms with E-state index in [4.69, 9.17) is 32.7 Å². The van der Waals surface area contributed by atoms with Gasteiger partial charge in [0.25, 0.3) is 0 Å². The van der Waals surface area contributed by atoms with E-state index in [2.05, 4.69) is 65.6 Å². The first-order valence-electron chi connectivity index (χ1n) is 24.4. The number of anilines is 8. The Kier molecular flexibility index (Phi) is 17.0. The highest BCUT2D eigenvalue weighted by atomic mass is 35.5. The van der Waals surface area contributed by atoms with Gasteiger partial charge < -0.3 is 30.7 Å². The summed E-state index contributed by atoms with van der Waals surface area (Å²) in [7, 11) is -3.94. The second kappa shape index (κ2) is 22.8. The van der Waals surface area contributed by atoms with Crippen LogP contribution in [0.2, 0.25) is 10.0 Å². The van der Waals surface area contributed by atoms with E-state index in [1.807, 2.05) is 38.1 Å². The molecule has 4 aromatic carbocycles. The number of hydrogen-bond acceptors (Lipinski definition) is 17. The van der Waals surface area contributed by atoms with Crippen molar-refractivity contribution in [1.82, 2.24) is 25.4 Å². The summed E-state index contributed by atoms with van der Waals surface area (Å²) >= 11 is 12.8. The van der Waals surface area contributed by atoms with Gasteiger partial charge >= 0.3 is 0 Å². The van der Waals surface area contributed by atoms with E-state index < -0.39 is 41.0 Å². The zero-order valence-corrected chi connectivity index (χ0v) is 47.3. The van der Waals surface area contributed by atoms with Gasteiger partial charge in [-0.05, 0) is 132 Å². The fourth-order valence-corrected chi connectivity index (χ4v) is 11.5. The number of ketones is 1. The van der Waals surface area contributed by atoms with Crippen LogP contribution in [-0.2, 0) is 52.9 Å². The summed E-state index contributed by atoms with van der Waals surface area (Å²) in [5, 5.41) is 16.1. The first-order chi connectivity index (χ1) is 35.8.